The number of hydrogen-bond acceptors (Lipinski definition) is 10. The van der Waals surface area contributed by atoms with Crippen LogP contribution >= 0.6 is 11.8 Å². The molecule has 0 aliphatic carbocycles. The number of rotatable bonds is 10. The number of β-lactam (4-membered cyclic amide) rings is 1. The molecule has 0 unspecified atom stereocenters. The van der Waals surface area contributed by atoms with Crippen LogP contribution < -0.4 is 5.32 Å². The van der Waals surface area contributed by atoms with Crippen molar-refractivity contribution in [1.82, 2.24) is 30.8 Å². The summed E-state index contributed by atoms with van der Waals surface area (Å²) in [5.74, 6) is -2.12. The van der Waals surface area contributed by atoms with Crippen molar-refractivity contribution in [3.05, 3.63) is 119 Å². The van der Waals surface area contributed by atoms with E-state index in [1.54, 1.807) is 24.3 Å². The summed E-state index contributed by atoms with van der Waals surface area (Å²) in [6, 6.07) is 27.4. The number of carbonyl (C=O) groups is 3. The summed E-state index contributed by atoms with van der Waals surface area (Å²) in [7, 11) is 0. The molecule has 13 heteroatoms. The van der Waals surface area contributed by atoms with Crippen LogP contribution in [0.15, 0.2) is 107 Å². The molecular weight excluding hydrogens is 572 g/mol. The largest absolute Gasteiger partial charge is 0.448 e. The average Bonchev–Trinajstić information content (AvgIpc) is 3.57. The average molecular weight is 599 g/mol. The van der Waals surface area contributed by atoms with Crippen molar-refractivity contribution in [2.24, 2.45) is 0 Å². The highest BCUT2D eigenvalue weighted by Crippen LogP contribution is 2.40. The maximum atomic E-state index is 14.0. The second-order valence-electron chi connectivity index (χ2n) is 9.86. The highest BCUT2D eigenvalue weighted by Gasteiger charge is 2.66. The summed E-state index contributed by atoms with van der Waals surface area (Å²) in [5.41, 5.74) is 0.150. The van der Waals surface area contributed by atoms with Gasteiger partial charge in [0.25, 0.3) is 11.6 Å². The molecule has 3 N–H and O–H groups in total. The zero-order valence-corrected chi connectivity index (χ0v) is 23.4. The second-order valence-corrected chi connectivity index (χ2v) is 10.8. The third-order valence-electron chi connectivity index (χ3n) is 6.99. The summed E-state index contributed by atoms with van der Waals surface area (Å²) in [6.45, 7) is -0.123. The third kappa shape index (κ3) is 5.78. The quantitative estimate of drug-likeness (QED) is 0.107. The fourth-order valence-corrected chi connectivity index (χ4v) is 5.69. The van der Waals surface area contributed by atoms with Crippen LogP contribution in [0.2, 0.25) is 0 Å². The molecule has 2 atom stereocenters. The van der Waals surface area contributed by atoms with E-state index in [9.17, 15) is 19.5 Å². The first-order chi connectivity index (χ1) is 20.9. The molecule has 3 heterocycles. The first kappa shape index (κ1) is 28.3. The van der Waals surface area contributed by atoms with Gasteiger partial charge in [-0.2, -0.15) is 5.21 Å². The zero-order valence-electron chi connectivity index (χ0n) is 22.6. The normalized spacial score (nSPS) is 19.5. The van der Waals surface area contributed by atoms with Gasteiger partial charge >= 0.3 is 5.97 Å². The topological polar surface area (TPSA) is 160 Å². The van der Waals surface area contributed by atoms with E-state index in [0.29, 0.717) is 16.3 Å². The molecule has 2 aliphatic heterocycles. The number of tetrazole rings is 1. The molecule has 3 aromatic carbocycles. The molecule has 0 spiro atoms. The number of aromatic nitrogens is 4. The van der Waals surface area contributed by atoms with Crippen molar-refractivity contribution in [3.8, 4) is 0 Å². The number of nitrogens with one attached hydrogen (secondary N) is 2. The maximum Gasteiger partial charge on any atom is 0.356 e. The van der Waals surface area contributed by atoms with Gasteiger partial charge < -0.3 is 19.9 Å². The highest BCUT2D eigenvalue weighted by molar-refractivity contribution is 7.99. The number of amides is 2. The van der Waals surface area contributed by atoms with Crippen LogP contribution in [0.25, 0.3) is 0 Å². The number of H-pyrrole nitrogens is 1. The summed E-state index contributed by atoms with van der Waals surface area (Å²) >= 11 is 1.17. The zero-order chi connectivity index (χ0) is 29.8. The molecule has 12 nitrogen and oxygen atoms in total. The predicted molar refractivity (Wildman–Crippen MR) is 153 cm³/mol. The van der Waals surface area contributed by atoms with E-state index in [2.05, 4.69) is 25.9 Å². The molecule has 218 valence electrons. The van der Waals surface area contributed by atoms with Gasteiger partial charge in [-0.1, -0.05) is 103 Å². The van der Waals surface area contributed by atoms with E-state index in [4.69, 9.17) is 9.47 Å². The number of benzene rings is 3. The number of hydrogen-bond donors (Lipinski definition) is 3. The summed E-state index contributed by atoms with van der Waals surface area (Å²) < 4.78 is 11.9. The Morgan fingerprint density at radius 1 is 1.05 bits per heavy atom. The summed E-state index contributed by atoms with van der Waals surface area (Å²) in [4.78, 5) is 41.3. The van der Waals surface area contributed by atoms with Gasteiger partial charge in [0.1, 0.15) is 5.70 Å². The van der Waals surface area contributed by atoms with Gasteiger partial charge in [0.15, 0.2) is 12.3 Å². The van der Waals surface area contributed by atoms with Crippen molar-refractivity contribution >= 4 is 29.5 Å². The molecule has 43 heavy (non-hydrogen) atoms. The monoisotopic (exact) mass is 598 g/mol. The Hall–Kier alpha value is -4.85. The minimum atomic E-state index is -2.36. The van der Waals surface area contributed by atoms with Gasteiger partial charge in [-0.05, 0) is 27.5 Å². The highest BCUT2D eigenvalue weighted by atomic mass is 32.2. The molecule has 1 fully saturated rings. The minimum Gasteiger partial charge on any atom is -0.448 e. The Kier molecular flexibility index (Phi) is 8.01. The smallest absolute Gasteiger partial charge is 0.356 e. The molecule has 4 aromatic rings. The fourth-order valence-electron chi connectivity index (χ4n) is 4.97. The second kappa shape index (κ2) is 12.2. The molecule has 2 amide bonds. The molecule has 6 rings (SSSR count). The Labute approximate surface area is 250 Å². The van der Waals surface area contributed by atoms with E-state index in [-0.39, 0.29) is 24.5 Å². The Balaban J connectivity index is 1.28. The molecule has 0 saturated carbocycles. The van der Waals surface area contributed by atoms with E-state index >= 15 is 0 Å². The number of thioether (sulfide) groups is 1. The van der Waals surface area contributed by atoms with Crippen molar-refractivity contribution < 1.29 is 29.0 Å². The number of aliphatic hydroxyl groups is 1. The number of ether oxygens (including phenoxy) is 2. The minimum absolute atomic E-state index is 0.0592. The standard InChI is InChI=1S/C30H26N6O6S/c37-23(16-19-10-4-1-5-11-19)31-30(40)27(39)36-24(22(17-41-28(30)36)18-43-29-32-34-35-33-29)26(38)42-25(20-12-6-2-7-13-20)21-14-8-3-9-15-21/h1-15,25,28,40H,16-18H2,(H,31,37)(H,32,33,34,35)/t28-,30+/m1/s1. The van der Waals surface area contributed by atoms with Gasteiger partial charge in [-0.25, -0.2) is 4.79 Å². The molecular formula is C30H26N6O6S. The fraction of sp³-hybridized carbons (Fsp3) is 0.200. The first-order valence-electron chi connectivity index (χ1n) is 13.4. The van der Waals surface area contributed by atoms with E-state index in [1.807, 2.05) is 66.7 Å². The Morgan fingerprint density at radius 2 is 1.67 bits per heavy atom. The molecule has 1 saturated heterocycles. The molecule has 2 aliphatic rings. The van der Waals surface area contributed by atoms with Gasteiger partial charge in [0.2, 0.25) is 11.1 Å². The lowest BCUT2D eigenvalue weighted by Crippen LogP contribution is -2.82. The summed E-state index contributed by atoms with van der Waals surface area (Å²) in [5, 5.41) is 27.7. The van der Waals surface area contributed by atoms with Crippen molar-refractivity contribution in [3.63, 3.8) is 0 Å². The number of aromatic amines is 1. The van der Waals surface area contributed by atoms with E-state index < -0.39 is 35.8 Å². The summed E-state index contributed by atoms with van der Waals surface area (Å²) in [6.07, 6.45) is -2.18. The van der Waals surface area contributed by atoms with Crippen LogP contribution in [0.1, 0.15) is 22.8 Å². The maximum absolute atomic E-state index is 14.0. The van der Waals surface area contributed by atoms with Crippen LogP contribution in [0.5, 0.6) is 0 Å². The number of fused-ring (bicyclic) bond motifs is 1. The third-order valence-corrected chi connectivity index (χ3v) is 7.91. The molecule has 1 aromatic heterocycles. The Morgan fingerprint density at radius 3 is 2.28 bits per heavy atom. The number of nitrogens with zero attached hydrogens (tertiary/aromatic N) is 4. The van der Waals surface area contributed by atoms with Crippen LogP contribution in [0, 0.1) is 0 Å². The lowest BCUT2D eigenvalue weighted by Gasteiger charge is -2.54. The van der Waals surface area contributed by atoms with Crippen molar-refractivity contribution in [2.75, 3.05) is 12.4 Å². The molecule has 0 bridgehead atoms. The van der Waals surface area contributed by atoms with Crippen LogP contribution in [0.3, 0.4) is 0 Å². The van der Waals surface area contributed by atoms with Crippen LogP contribution in [-0.2, 0) is 30.3 Å². The van der Waals surface area contributed by atoms with Crippen LogP contribution in [0.4, 0.5) is 0 Å². The number of carbonyl (C=O) groups excluding carboxylic acids is 3. The SMILES string of the molecule is O=C(Cc1ccccc1)N[C@]1(O)C(=O)N2C(C(=O)OC(c3ccccc3)c3ccccc3)=C(CSc3nn[nH]n3)CO[C@@H]21. The Bertz CT molecular complexity index is 1600. The first-order valence-corrected chi connectivity index (χ1v) is 14.3. The number of esters is 1. The van der Waals surface area contributed by atoms with Gasteiger partial charge in [0, 0.05) is 5.75 Å². The van der Waals surface area contributed by atoms with Gasteiger partial charge in [-0.15, -0.1) is 10.2 Å². The van der Waals surface area contributed by atoms with Crippen molar-refractivity contribution in [1.29, 1.82) is 0 Å². The van der Waals surface area contributed by atoms with Gasteiger partial charge in [-0.3, -0.25) is 14.5 Å². The van der Waals surface area contributed by atoms with Crippen molar-refractivity contribution in [2.45, 2.75) is 29.6 Å². The molecule has 0 radical (unpaired) electrons. The van der Waals surface area contributed by atoms with Gasteiger partial charge in [0.05, 0.1) is 13.0 Å². The van der Waals surface area contributed by atoms with Crippen LogP contribution in [-0.4, -0.2) is 72.7 Å². The lowest BCUT2D eigenvalue weighted by molar-refractivity contribution is -0.250. The predicted octanol–water partition coefficient (Wildman–Crippen LogP) is 2.12. The lowest BCUT2D eigenvalue weighted by atomic mass is 9.94. The van der Waals surface area contributed by atoms with E-state index in [0.717, 1.165) is 16.0 Å². The van der Waals surface area contributed by atoms with E-state index in [1.165, 1.54) is 11.8 Å².